The largest absolute Gasteiger partial charge is 0.462 e. The monoisotopic (exact) mass is 320 g/mol. The van der Waals surface area contributed by atoms with Gasteiger partial charge in [0.2, 0.25) is 5.91 Å². The molecule has 1 aliphatic rings. The molecule has 1 saturated heterocycles. The maximum Gasteiger partial charge on any atom is 0.338 e. The summed E-state index contributed by atoms with van der Waals surface area (Å²) < 4.78 is 4.84. The van der Waals surface area contributed by atoms with Gasteiger partial charge in [0.1, 0.15) is 0 Å². The van der Waals surface area contributed by atoms with E-state index in [1.54, 1.807) is 6.92 Å². The predicted octanol–water partition coefficient (Wildman–Crippen LogP) is 1.67. The number of benzene rings is 1. The number of carbonyl (C=O) groups is 4. The minimum absolute atomic E-state index is 0.0330. The van der Waals surface area contributed by atoms with E-state index in [0.29, 0.717) is 23.0 Å². The molecule has 0 aromatic heterocycles. The van der Waals surface area contributed by atoms with E-state index in [1.165, 1.54) is 24.3 Å². The highest BCUT2D eigenvalue weighted by molar-refractivity contribution is 8.18. The first-order valence-corrected chi connectivity index (χ1v) is 7.14. The molecule has 0 spiro atoms. The first kappa shape index (κ1) is 15.8. The van der Waals surface area contributed by atoms with Crippen LogP contribution in [0.25, 0.3) is 0 Å². The summed E-state index contributed by atoms with van der Waals surface area (Å²) >= 11 is 0.664. The van der Waals surface area contributed by atoms with E-state index >= 15 is 0 Å². The highest BCUT2D eigenvalue weighted by Crippen LogP contribution is 2.22. The molecule has 0 saturated carbocycles. The number of nitrogens with one attached hydrogen (secondary N) is 2. The van der Waals surface area contributed by atoms with E-state index in [-0.39, 0.29) is 11.5 Å². The lowest BCUT2D eigenvalue weighted by molar-refractivity contribution is -0.116. The number of thioether (sulfide) groups is 1. The molecular weight excluding hydrogens is 308 g/mol. The lowest BCUT2D eigenvalue weighted by Gasteiger charge is -2.04. The Morgan fingerprint density at radius 2 is 1.95 bits per heavy atom. The summed E-state index contributed by atoms with van der Waals surface area (Å²) in [5, 5.41) is 4.07. The van der Waals surface area contributed by atoms with Gasteiger partial charge >= 0.3 is 5.97 Å². The Morgan fingerprint density at radius 1 is 1.27 bits per heavy atom. The Morgan fingerprint density at radius 3 is 2.50 bits per heavy atom. The fourth-order valence-corrected chi connectivity index (χ4v) is 2.28. The van der Waals surface area contributed by atoms with Gasteiger partial charge in [0, 0.05) is 11.8 Å². The van der Waals surface area contributed by atoms with Crippen molar-refractivity contribution in [3.8, 4) is 0 Å². The van der Waals surface area contributed by atoms with E-state index in [4.69, 9.17) is 4.74 Å². The van der Waals surface area contributed by atoms with Crippen molar-refractivity contribution in [2.24, 2.45) is 0 Å². The van der Waals surface area contributed by atoms with Crippen LogP contribution in [0.2, 0.25) is 0 Å². The second-order valence-electron chi connectivity index (χ2n) is 4.14. The highest BCUT2D eigenvalue weighted by Gasteiger charge is 2.25. The summed E-state index contributed by atoms with van der Waals surface area (Å²) in [5.74, 6) is -1.58. The molecule has 114 valence electrons. The van der Waals surface area contributed by atoms with Gasteiger partial charge in [-0.25, -0.2) is 4.79 Å². The molecule has 3 amide bonds. The minimum Gasteiger partial charge on any atom is -0.462 e. The average molecular weight is 320 g/mol. The summed E-state index contributed by atoms with van der Waals surface area (Å²) in [6, 6.07) is 6.11. The number of hydrogen-bond acceptors (Lipinski definition) is 6. The zero-order chi connectivity index (χ0) is 16.1. The van der Waals surface area contributed by atoms with Gasteiger partial charge in [0.25, 0.3) is 11.1 Å². The predicted molar refractivity (Wildman–Crippen MR) is 80.2 cm³/mol. The summed E-state index contributed by atoms with van der Waals surface area (Å²) in [5.41, 5.74) is 0.819. The number of rotatable bonds is 4. The van der Waals surface area contributed by atoms with Crippen molar-refractivity contribution in [3.05, 3.63) is 40.8 Å². The van der Waals surface area contributed by atoms with Crippen LogP contribution in [0.1, 0.15) is 17.3 Å². The van der Waals surface area contributed by atoms with Crippen LogP contribution < -0.4 is 10.6 Å². The molecule has 0 atom stereocenters. The molecule has 8 heteroatoms. The Balaban J connectivity index is 2.00. The molecule has 2 rings (SSSR count). The molecule has 1 aliphatic heterocycles. The van der Waals surface area contributed by atoms with Gasteiger partial charge in [0.05, 0.1) is 17.1 Å². The maximum atomic E-state index is 11.8. The van der Waals surface area contributed by atoms with E-state index < -0.39 is 23.0 Å². The number of esters is 1. The van der Waals surface area contributed by atoms with E-state index in [1.807, 2.05) is 0 Å². The van der Waals surface area contributed by atoms with Crippen molar-refractivity contribution in [2.45, 2.75) is 6.92 Å². The van der Waals surface area contributed by atoms with Crippen molar-refractivity contribution in [3.63, 3.8) is 0 Å². The Labute approximate surface area is 130 Å². The summed E-state index contributed by atoms with van der Waals surface area (Å²) in [6.45, 7) is 1.99. The zero-order valence-electron chi connectivity index (χ0n) is 11.5. The first-order valence-electron chi connectivity index (χ1n) is 6.32. The number of amides is 3. The van der Waals surface area contributed by atoms with Crippen molar-refractivity contribution in [1.82, 2.24) is 5.32 Å². The van der Waals surface area contributed by atoms with Crippen LogP contribution in [0, 0.1) is 0 Å². The second-order valence-corrected chi connectivity index (χ2v) is 5.15. The topological polar surface area (TPSA) is 102 Å². The third-order valence-corrected chi connectivity index (χ3v) is 3.38. The molecule has 1 heterocycles. The standard InChI is InChI=1S/C14H12N2O5S/c1-2-21-13(19)8-3-5-9(6-4-8)15-11(17)7-10-12(18)16-14(20)22-10/h3-7H,2H2,1H3,(H,15,17)(H,16,18,20)/b10-7+. The normalized spacial score (nSPS) is 15.6. The van der Waals surface area contributed by atoms with Crippen molar-refractivity contribution < 1.29 is 23.9 Å². The fourth-order valence-electron chi connectivity index (χ4n) is 1.62. The lowest BCUT2D eigenvalue weighted by Crippen LogP contribution is -2.18. The molecule has 0 unspecified atom stereocenters. The highest BCUT2D eigenvalue weighted by atomic mass is 32.2. The molecule has 1 fully saturated rings. The van der Waals surface area contributed by atoms with Gasteiger partial charge in [-0.1, -0.05) is 0 Å². The molecule has 0 bridgehead atoms. The minimum atomic E-state index is -0.595. The Hall–Kier alpha value is -2.61. The zero-order valence-corrected chi connectivity index (χ0v) is 12.4. The van der Waals surface area contributed by atoms with Crippen LogP contribution in [-0.4, -0.2) is 29.6 Å². The lowest BCUT2D eigenvalue weighted by atomic mass is 10.2. The van der Waals surface area contributed by atoms with Crippen molar-refractivity contribution in [2.75, 3.05) is 11.9 Å². The Kier molecular flexibility index (Phi) is 4.95. The maximum absolute atomic E-state index is 11.8. The van der Waals surface area contributed by atoms with Crippen LogP contribution >= 0.6 is 11.8 Å². The summed E-state index contributed by atoms with van der Waals surface area (Å²) in [4.78, 5) is 45.5. The summed E-state index contributed by atoms with van der Waals surface area (Å²) in [6.07, 6.45) is 1.05. The Bertz CT molecular complexity index is 666. The third-order valence-electron chi connectivity index (χ3n) is 2.57. The molecular formula is C14H12N2O5S. The molecule has 0 radical (unpaired) electrons. The average Bonchev–Trinajstić information content (AvgIpc) is 2.77. The van der Waals surface area contributed by atoms with Crippen LogP contribution in [0.15, 0.2) is 35.2 Å². The fraction of sp³-hybridized carbons (Fsp3) is 0.143. The third kappa shape index (κ3) is 3.95. The molecule has 1 aromatic carbocycles. The molecule has 2 N–H and O–H groups in total. The number of hydrogen-bond donors (Lipinski definition) is 2. The van der Waals surface area contributed by atoms with Gasteiger partial charge in [-0.2, -0.15) is 0 Å². The number of carbonyl (C=O) groups excluding carboxylic acids is 4. The summed E-state index contributed by atoms with van der Waals surface area (Å²) in [7, 11) is 0. The van der Waals surface area contributed by atoms with Gasteiger partial charge < -0.3 is 10.1 Å². The van der Waals surface area contributed by atoms with E-state index in [0.717, 1.165) is 6.08 Å². The molecule has 22 heavy (non-hydrogen) atoms. The van der Waals surface area contributed by atoms with Gasteiger partial charge in [-0.05, 0) is 43.0 Å². The van der Waals surface area contributed by atoms with Crippen LogP contribution in [0.4, 0.5) is 10.5 Å². The van der Waals surface area contributed by atoms with Crippen molar-refractivity contribution in [1.29, 1.82) is 0 Å². The van der Waals surface area contributed by atoms with Gasteiger partial charge in [0.15, 0.2) is 0 Å². The number of imide groups is 1. The van der Waals surface area contributed by atoms with E-state index in [9.17, 15) is 19.2 Å². The van der Waals surface area contributed by atoms with Crippen LogP contribution in [-0.2, 0) is 14.3 Å². The van der Waals surface area contributed by atoms with E-state index in [2.05, 4.69) is 10.6 Å². The number of ether oxygens (including phenoxy) is 1. The van der Waals surface area contributed by atoms with Crippen LogP contribution in [0.3, 0.4) is 0 Å². The molecule has 1 aromatic rings. The first-order chi connectivity index (χ1) is 10.5. The molecule has 0 aliphatic carbocycles. The SMILES string of the molecule is CCOC(=O)c1ccc(NC(=O)/C=C2/SC(=O)NC2=O)cc1. The number of anilines is 1. The molecule has 7 nitrogen and oxygen atoms in total. The van der Waals surface area contributed by atoms with Gasteiger partial charge in [-0.15, -0.1) is 0 Å². The van der Waals surface area contributed by atoms with Crippen LogP contribution in [0.5, 0.6) is 0 Å². The smallest absolute Gasteiger partial charge is 0.338 e. The quantitative estimate of drug-likeness (QED) is 0.646. The second kappa shape index (κ2) is 6.90. The van der Waals surface area contributed by atoms with Crippen molar-refractivity contribution >= 4 is 40.5 Å². The van der Waals surface area contributed by atoms with Gasteiger partial charge in [-0.3, -0.25) is 19.7 Å².